The number of hydrogen-bond acceptors (Lipinski definition) is 6. The number of hydrogen-bond donors (Lipinski definition) is 2. The van der Waals surface area contributed by atoms with E-state index in [0.29, 0.717) is 5.69 Å². The highest BCUT2D eigenvalue weighted by molar-refractivity contribution is 7.90. The number of carbonyl (C=O) groups excluding carboxylic acids is 2. The molecule has 0 spiro atoms. The maximum atomic E-state index is 14.9. The number of rotatable bonds is 8. The molecule has 8 nitrogen and oxygen atoms in total. The Kier molecular flexibility index (Phi) is 7.27. The van der Waals surface area contributed by atoms with Crippen LogP contribution in [0.1, 0.15) is 47.2 Å². The van der Waals surface area contributed by atoms with Gasteiger partial charge in [-0.1, -0.05) is 12.1 Å². The summed E-state index contributed by atoms with van der Waals surface area (Å²) in [6.07, 6.45) is 1.23. The molecule has 0 saturated heterocycles. The first-order valence-corrected chi connectivity index (χ1v) is 10.6. The molecule has 0 aliphatic carbocycles. The van der Waals surface area contributed by atoms with Crippen LogP contribution in [0.25, 0.3) is 0 Å². The number of ether oxygens (including phenoxy) is 1. The molecule has 1 heterocycles. The van der Waals surface area contributed by atoms with E-state index in [1.54, 1.807) is 0 Å². The Labute approximate surface area is 174 Å². The summed E-state index contributed by atoms with van der Waals surface area (Å²) in [4.78, 5) is 27.6. The average molecular weight is 437 g/mol. The van der Waals surface area contributed by atoms with Crippen molar-refractivity contribution >= 4 is 27.6 Å². The maximum Gasteiger partial charge on any atom is 0.339 e. The van der Waals surface area contributed by atoms with Crippen molar-refractivity contribution in [2.24, 2.45) is 0 Å². The van der Waals surface area contributed by atoms with Crippen molar-refractivity contribution in [2.75, 3.05) is 19.0 Å². The first kappa shape index (κ1) is 23.4. The van der Waals surface area contributed by atoms with E-state index in [2.05, 4.69) is 19.8 Å². The molecule has 0 bridgehead atoms. The van der Waals surface area contributed by atoms with Crippen LogP contribution in [0.4, 0.5) is 10.1 Å². The Morgan fingerprint density at radius 2 is 1.80 bits per heavy atom. The minimum Gasteiger partial charge on any atom is -0.465 e. The lowest BCUT2D eigenvalue weighted by molar-refractivity contribution is 0.0599. The highest BCUT2D eigenvalue weighted by Gasteiger charge is 2.29. The van der Waals surface area contributed by atoms with E-state index < -0.39 is 39.4 Å². The van der Waals surface area contributed by atoms with Crippen LogP contribution in [0.5, 0.6) is 0 Å². The Morgan fingerprint density at radius 1 is 1.17 bits per heavy atom. The van der Waals surface area contributed by atoms with E-state index in [0.717, 1.165) is 0 Å². The summed E-state index contributed by atoms with van der Waals surface area (Å²) in [5.74, 6) is -1.07. The van der Waals surface area contributed by atoms with Gasteiger partial charge in [-0.25, -0.2) is 22.3 Å². The van der Waals surface area contributed by atoms with Crippen LogP contribution in [0.2, 0.25) is 0 Å². The minimum atomic E-state index is -3.59. The zero-order valence-electron chi connectivity index (χ0n) is 17.1. The van der Waals surface area contributed by atoms with E-state index in [1.165, 1.54) is 70.5 Å². The quantitative estimate of drug-likeness (QED) is 0.614. The van der Waals surface area contributed by atoms with Gasteiger partial charge in [0.25, 0.3) is 5.91 Å². The number of aromatic nitrogens is 1. The molecule has 2 rings (SSSR count). The smallest absolute Gasteiger partial charge is 0.339 e. The topological polar surface area (TPSA) is 114 Å². The Morgan fingerprint density at radius 3 is 2.30 bits per heavy atom. The summed E-state index contributed by atoms with van der Waals surface area (Å²) in [7, 11) is -2.34. The number of nitrogens with zero attached hydrogens (tertiary/aromatic N) is 1. The van der Waals surface area contributed by atoms with Crippen LogP contribution in [0.15, 0.2) is 42.6 Å². The SMILES string of the molecule is COC(=O)c1ccc(C(=O)Nc2ccc(C(C)(F)CNS(=O)(=O)C(C)C)cc2)nc1. The summed E-state index contributed by atoms with van der Waals surface area (Å²) >= 11 is 0. The number of esters is 1. The van der Waals surface area contributed by atoms with Crippen LogP contribution >= 0.6 is 0 Å². The summed E-state index contributed by atoms with van der Waals surface area (Å²) in [6.45, 7) is 3.88. The second kappa shape index (κ2) is 9.31. The van der Waals surface area contributed by atoms with Gasteiger partial charge in [-0.05, 0) is 50.6 Å². The molecular formula is C20H24FN3O5S. The molecule has 1 aromatic carbocycles. The van der Waals surface area contributed by atoms with Crippen molar-refractivity contribution in [1.29, 1.82) is 0 Å². The second-order valence-corrected chi connectivity index (χ2v) is 9.39. The van der Waals surface area contributed by atoms with Crippen molar-refractivity contribution in [3.05, 3.63) is 59.4 Å². The minimum absolute atomic E-state index is 0.0881. The van der Waals surface area contributed by atoms with Gasteiger partial charge >= 0.3 is 5.97 Å². The molecule has 0 fully saturated rings. The van der Waals surface area contributed by atoms with Crippen LogP contribution in [-0.4, -0.2) is 44.2 Å². The number of nitrogens with one attached hydrogen (secondary N) is 2. The van der Waals surface area contributed by atoms with Crippen LogP contribution in [0.3, 0.4) is 0 Å². The fourth-order valence-corrected chi connectivity index (χ4v) is 3.17. The summed E-state index contributed by atoms with van der Waals surface area (Å²) in [5, 5.41) is 1.95. The molecule has 1 unspecified atom stereocenters. The highest BCUT2D eigenvalue weighted by Crippen LogP contribution is 2.26. The predicted molar refractivity (Wildman–Crippen MR) is 110 cm³/mol. The fraction of sp³-hybridized carbons (Fsp3) is 0.350. The first-order chi connectivity index (χ1) is 14.0. The Balaban J connectivity index is 2.04. The van der Waals surface area contributed by atoms with Gasteiger partial charge in [-0.15, -0.1) is 0 Å². The highest BCUT2D eigenvalue weighted by atomic mass is 32.2. The standard InChI is InChI=1S/C20H24FN3O5S/c1-13(2)30(27,28)23-12-20(3,21)15-6-8-16(9-7-15)24-18(25)17-10-5-14(11-22-17)19(26)29-4/h5-11,13,23H,12H2,1-4H3,(H,24,25). The first-order valence-electron chi connectivity index (χ1n) is 9.10. The fourth-order valence-electron chi connectivity index (χ4n) is 2.37. The number of carbonyl (C=O) groups is 2. The largest absolute Gasteiger partial charge is 0.465 e. The van der Waals surface area contributed by atoms with Gasteiger partial charge in [0.05, 0.1) is 17.9 Å². The van der Waals surface area contributed by atoms with E-state index in [9.17, 15) is 22.4 Å². The molecule has 1 atom stereocenters. The second-order valence-electron chi connectivity index (χ2n) is 7.07. The van der Waals surface area contributed by atoms with Gasteiger partial charge in [-0.3, -0.25) is 9.78 Å². The van der Waals surface area contributed by atoms with Crippen LogP contribution in [-0.2, 0) is 20.4 Å². The number of amides is 1. The number of pyridine rings is 1. The lowest BCUT2D eigenvalue weighted by atomic mass is 9.98. The average Bonchev–Trinajstić information content (AvgIpc) is 2.72. The van der Waals surface area contributed by atoms with Crippen molar-refractivity contribution in [3.63, 3.8) is 0 Å². The molecular weight excluding hydrogens is 413 g/mol. The Bertz CT molecular complexity index is 1000. The van der Waals surface area contributed by atoms with Gasteiger partial charge in [0, 0.05) is 18.4 Å². The van der Waals surface area contributed by atoms with Gasteiger partial charge in [0.15, 0.2) is 0 Å². The van der Waals surface area contributed by atoms with Crippen LogP contribution in [0, 0.1) is 0 Å². The molecule has 10 heteroatoms. The van der Waals surface area contributed by atoms with Gasteiger partial charge in [-0.2, -0.15) is 0 Å². The summed E-state index contributed by atoms with van der Waals surface area (Å²) in [6, 6.07) is 8.74. The van der Waals surface area contributed by atoms with E-state index in [-0.39, 0.29) is 16.8 Å². The number of sulfonamides is 1. The van der Waals surface area contributed by atoms with Crippen LogP contribution < -0.4 is 10.0 Å². The lowest BCUT2D eigenvalue weighted by Crippen LogP contribution is -2.39. The molecule has 162 valence electrons. The third kappa shape index (κ3) is 5.83. The van der Waals surface area contributed by atoms with Crippen molar-refractivity contribution < 1.29 is 27.1 Å². The molecule has 0 aliphatic heterocycles. The van der Waals surface area contributed by atoms with Gasteiger partial charge in [0.2, 0.25) is 10.0 Å². The van der Waals surface area contributed by atoms with Crippen molar-refractivity contribution in [1.82, 2.24) is 9.71 Å². The molecule has 0 aliphatic rings. The maximum absolute atomic E-state index is 14.9. The van der Waals surface area contributed by atoms with E-state index in [1.807, 2.05) is 0 Å². The number of halogens is 1. The zero-order valence-corrected chi connectivity index (χ0v) is 17.9. The lowest BCUT2D eigenvalue weighted by Gasteiger charge is -2.22. The molecule has 1 aromatic heterocycles. The molecule has 0 saturated carbocycles. The third-order valence-electron chi connectivity index (χ3n) is 4.39. The number of anilines is 1. The molecule has 0 radical (unpaired) electrons. The van der Waals surface area contributed by atoms with Crippen molar-refractivity contribution in [2.45, 2.75) is 31.7 Å². The zero-order chi connectivity index (χ0) is 22.5. The van der Waals surface area contributed by atoms with Gasteiger partial charge < -0.3 is 10.1 Å². The molecule has 2 N–H and O–H groups in total. The summed E-state index contributed by atoms with van der Waals surface area (Å²) in [5.41, 5.74) is -0.969. The number of methoxy groups -OCH3 is 1. The van der Waals surface area contributed by atoms with E-state index in [4.69, 9.17) is 0 Å². The Hall–Kier alpha value is -2.85. The monoisotopic (exact) mass is 437 g/mol. The van der Waals surface area contributed by atoms with Gasteiger partial charge in [0.1, 0.15) is 11.4 Å². The molecule has 30 heavy (non-hydrogen) atoms. The normalized spacial score (nSPS) is 13.5. The van der Waals surface area contributed by atoms with Crippen molar-refractivity contribution in [3.8, 4) is 0 Å². The summed E-state index contributed by atoms with van der Waals surface area (Å²) < 4.78 is 45.5. The number of benzene rings is 1. The van der Waals surface area contributed by atoms with E-state index >= 15 is 0 Å². The molecule has 1 amide bonds. The third-order valence-corrected chi connectivity index (χ3v) is 6.18. The molecule has 2 aromatic rings. The number of alkyl halides is 1. The predicted octanol–water partition coefficient (Wildman–Crippen LogP) is 2.63.